The number of hydrogen-bond donors (Lipinski definition) is 2. The number of hydrogen-bond acceptors (Lipinski definition) is 4. The zero-order valence-corrected chi connectivity index (χ0v) is 22.2. The van der Waals surface area contributed by atoms with Gasteiger partial charge in [-0.3, -0.25) is 14.4 Å². The number of benzene rings is 1. The van der Waals surface area contributed by atoms with Crippen LogP contribution in [0.15, 0.2) is 30.4 Å². The number of carbonyl (C=O) groups excluding carboxylic acids is 3. The predicted octanol–water partition coefficient (Wildman–Crippen LogP) is 4.72. The molecule has 2 bridgehead atoms. The molecule has 3 aliphatic heterocycles. The summed E-state index contributed by atoms with van der Waals surface area (Å²) in [6.07, 6.45) is 10.6. The highest BCUT2D eigenvalue weighted by atomic mass is 35.5. The molecule has 5 atom stereocenters. The van der Waals surface area contributed by atoms with Gasteiger partial charge in [-0.25, -0.2) is 0 Å². The largest absolute Gasteiger partial charge is 0.356 e. The number of anilines is 1. The van der Waals surface area contributed by atoms with Gasteiger partial charge in [-0.05, 0) is 44.4 Å². The molecule has 5 rings (SSSR count). The highest BCUT2D eigenvalue weighted by Crippen LogP contribution is 2.59. The number of likely N-dealkylation sites (tertiary alicyclic amines) is 1. The maximum absolute atomic E-state index is 13.9. The fraction of sp³-hybridized carbons (Fsp3) is 0.593. The molecule has 1 aromatic carbocycles. The summed E-state index contributed by atoms with van der Waals surface area (Å²) in [7, 11) is 0. The van der Waals surface area contributed by atoms with E-state index < -0.39 is 29.1 Å². The second kappa shape index (κ2) is 9.66. The summed E-state index contributed by atoms with van der Waals surface area (Å²) in [6.45, 7) is 4.31. The zero-order chi connectivity index (χ0) is 25.7. The van der Waals surface area contributed by atoms with Crippen LogP contribution in [0.4, 0.5) is 5.69 Å². The second-order valence-corrected chi connectivity index (χ2v) is 11.5. The van der Waals surface area contributed by atoms with Crippen molar-refractivity contribution in [2.75, 3.05) is 11.9 Å². The van der Waals surface area contributed by atoms with E-state index in [9.17, 15) is 14.4 Å². The average molecular weight is 534 g/mol. The normalized spacial score (nSPS) is 33.2. The Hall–Kier alpha value is -2.09. The van der Waals surface area contributed by atoms with Crippen LogP contribution < -0.4 is 10.6 Å². The fourth-order valence-corrected chi connectivity index (χ4v) is 6.82. The van der Waals surface area contributed by atoms with E-state index in [1.54, 1.807) is 23.1 Å². The van der Waals surface area contributed by atoms with Crippen LogP contribution in [0.2, 0.25) is 10.0 Å². The molecule has 3 fully saturated rings. The van der Waals surface area contributed by atoms with Gasteiger partial charge < -0.3 is 20.3 Å². The number of halogens is 2. The molecular weight excluding hydrogens is 501 g/mol. The fourth-order valence-electron chi connectivity index (χ4n) is 6.52. The van der Waals surface area contributed by atoms with Gasteiger partial charge >= 0.3 is 0 Å². The summed E-state index contributed by atoms with van der Waals surface area (Å²) in [5.74, 6) is -2.30. The number of amides is 3. The number of ether oxygens (including phenoxy) is 1. The Kier molecular flexibility index (Phi) is 6.85. The van der Waals surface area contributed by atoms with E-state index >= 15 is 0 Å². The van der Waals surface area contributed by atoms with Crippen LogP contribution >= 0.6 is 23.2 Å². The predicted molar refractivity (Wildman–Crippen MR) is 139 cm³/mol. The summed E-state index contributed by atoms with van der Waals surface area (Å²) in [5, 5.41) is 6.81. The Labute approximate surface area is 221 Å². The molecule has 1 aromatic rings. The van der Waals surface area contributed by atoms with Gasteiger partial charge in [-0.15, -0.1) is 0 Å². The third-order valence-electron chi connectivity index (χ3n) is 8.22. The topological polar surface area (TPSA) is 87.7 Å². The van der Waals surface area contributed by atoms with Crippen molar-refractivity contribution >= 4 is 46.6 Å². The van der Waals surface area contributed by atoms with Crippen LogP contribution in [0.5, 0.6) is 0 Å². The molecular formula is C27H33Cl2N3O4. The van der Waals surface area contributed by atoms with E-state index in [0.717, 1.165) is 38.5 Å². The van der Waals surface area contributed by atoms with Gasteiger partial charge in [0.1, 0.15) is 11.6 Å². The van der Waals surface area contributed by atoms with E-state index in [0.29, 0.717) is 22.3 Å². The van der Waals surface area contributed by atoms with Gasteiger partial charge in [0, 0.05) is 18.3 Å². The second-order valence-electron chi connectivity index (χ2n) is 10.7. The molecule has 2 N–H and O–H groups in total. The van der Waals surface area contributed by atoms with Crippen molar-refractivity contribution in [2.24, 2.45) is 11.8 Å². The van der Waals surface area contributed by atoms with Crippen molar-refractivity contribution in [3.8, 4) is 0 Å². The Morgan fingerprint density at radius 3 is 2.56 bits per heavy atom. The van der Waals surface area contributed by atoms with Crippen LogP contribution in [0.3, 0.4) is 0 Å². The zero-order valence-electron chi connectivity index (χ0n) is 20.7. The lowest BCUT2D eigenvalue weighted by molar-refractivity contribution is -0.144. The van der Waals surface area contributed by atoms with E-state index in [-0.39, 0.29) is 23.8 Å². The molecule has 1 spiro atoms. The minimum atomic E-state index is -1.17. The average Bonchev–Trinajstić information content (AvgIpc) is 3.41. The molecule has 9 heteroatoms. The van der Waals surface area contributed by atoms with Gasteiger partial charge in [0.05, 0.1) is 27.5 Å². The molecule has 36 heavy (non-hydrogen) atoms. The molecule has 0 aromatic heterocycles. The van der Waals surface area contributed by atoms with Crippen molar-refractivity contribution in [1.29, 1.82) is 0 Å². The van der Waals surface area contributed by atoms with E-state index in [1.807, 2.05) is 26.0 Å². The molecule has 4 aliphatic rings. The SMILES string of the molecule is CCCCN1C(=O)[C@@H]2C(C(=O)Nc3ccc(Cl)c(Cl)c3)[C@]3(C)C=CC2(O3)C1C(=O)NC1CCCCC1. The number of rotatable bonds is 7. The first-order valence-corrected chi connectivity index (χ1v) is 13.7. The lowest BCUT2D eigenvalue weighted by atomic mass is 9.70. The monoisotopic (exact) mass is 533 g/mol. The highest BCUT2D eigenvalue weighted by molar-refractivity contribution is 6.42. The minimum Gasteiger partial charge on any atom is -0.356 e. The first kappa shape index (κ1) is 25.6. The number of nitrogens with one attached hydrogen (secondary N) is 2. The number of nitrogens with zero attached hydrogens (tertiary/aromatic N) is 1. The Balaban J connectivity index is 1.46. The lowest BCUT2D eigenvalue weighted by Gasteiger charge is -2.34. The number of unbranched alkanes of at least 4 members (excludes halogenated alkanes) is 1. The highest BCUT2D eigenvalue weighted by Gasteiger charge is 2.76. The quantitative estimate of drug-likeness (QED) is 0.496. The van der Waals surface area contributed by atoms with E-state index in [2.05, 4.69) is 10.6 Å². The first-order valence-electron chi connectivity index (χ1n) is 13.0. The van der Waals surface area contributed by atoms with Crippen molar-refractivity contribution in [1.82, 2.24) is 10.2 Å². The van der Waals surface area contributed by atoms with Crippen LogP contribution in [-0.4, -0.2) is 52.5 Å². The van der Waals surface area contributed by atoms with Crippen LogP contribution in [0.1, 0.15) is 58.8 Å². The van der Waals surface area contributed by atoms with E-state index in [4.69, 9.17) is 27.9 Å². The molecule has 194 valence electrons. The maximum Gasteiger partial charge on any atom is 0.246 e. The Morgan fingerprint density at radius 1 is 1.11 bits per heavy atom. The molecule has 2 saturated heterocycles. The van der Waals surface area contributed by atoms with Gasteiger partial charge in [0.25, 0.3) is 0 Å². The van der Waals surface area contributed by atoms with Crippen LogP contribution in [0, 0.1) is 11.8 Å². The summed E-state index contributed by atoms with van der Waals surface area (Å²) >= 11 is 12.2. The Bertz CT molecular complexity index is 1100. The first-order chi connectivity index (χ1) is 17.2. The van der Waals surface area contributed by atoms with Crippen molar-refractivity contribution in [3.05, 3.63) is 40.4 Å². The molecule has 3 amide bonds. The lowest BCUT2D eigenvalue weighted by Crippen LogP contribution is -2.56. The molecule has 0 radical (unpaired) electrons. The van der Waals surface area contributed by atoms with E-state index in [1.165, 1.54) is 6.42 Å². The van der Waals surface area contributed by atoms with Gasteiger partial charge in [-0.2, -0.15) is 0 Å². The van der Waals surface area contributed by atoms with Crippen molar-refractivity contribution < 1.29 is 19.1 Å². The van der Waals surface area contributed by atoms with Crippen LogP contribution in [-0.2, 0) is 19.1 Å². The van der Waals surface area contributed by atoms with Gasteiger partial charge in [0.15, 0.2) is 0 Å². The third kappa shape index (κ3) is 4.13. The summed E-state index contributed by atoms with van der Waals surface area (Å²) in [6, 6.07) is 4.16. The van der Waals surface area contributed by atoms with Crippen LogP contribution in [0.25, 0.3) is 0 Å². The number of fused-ring (bicyclic) bond motifs is 1. The van der Waals surface area contributed by atoms with Crippen molar-refractivity contribution in [3.63, 3.8) is 0 Å². The molecule has 7 nitrogen and oxygen atoms in total. The van der Waals surface area contributed by atoms with Gasteiger partial charge in [0.2, 0.25) is 17.7 Å². The molecule has 3 heterocycles. The number of carbonyl (C=O) groups is 3. The standard InChI is InChI=1S/C27H33Cl2N3O4/c1-3-4-14-32-22(24(34)30-16-8-6-5-7-9-16)27-13-12-26(2,36-27)20(21(27)25(32)35)23(33)31-17-10-11-18(28)19(29)15-17/h10-13,15-16,20-22H,3-9,14H2,1-2H3,(H,30,34)(H,31,33)/t20?,21-,22?,26-,27?/m0/s1. The summed E-state index contributed by atoms with van der Waals surface area (Å²) < 4.78 is 6.55. The summed E-state index contributed by atoms with van der Waals surface area (Å²) in [5.41, 5.74) is -1.68. The van der Waals surface area contributed by atoms with Gasteiger partial charge in [-0.1, -0.05) is 68.0 Å². The maximum atomic E-state index is 13.9. The molecule has 1 saturated carbocycles. The minimum absolute atomic E-state index is 0.108. The Morgan fingerprint density at radius 2 is 1.86 bits per heavy atom. The summed E-state index contributed by atoms with van der Waals surface area (Å²) in [4.78, 5) is 42.9. The van der Waals surface area contributed by atoms with Crippen molar-refractivity contribution in [2.45, 2.75) is 82.1 Å². The molecule has 1 aliphatic carbocycles. The third-order valence-corrected chi connectivity index (χ3v) is 8.96. The molecule has 3 unspecified atom stereocenters. The smallest absolute Gasteiger partial charge is 0.246 e.